The molecule has 0 bridgehead atoms. The lowest BCUT2D eigenvalue weighted by Crippen LogP contribution is -2.40. The number of halogens is 1. The Labute approximate surface area is 277 Å². The van der Waals surface area contributed by atoms with Crippen LogP contribution in [0.15, 0.2) is 124 Å². The maximum Gasteiger partial charge on any atom is 0.271 e. The van der Waals surface area contributed by atoms with Gasteiger partial charge in [0.05, 0.1) is 26.8 Å². The molecule has 0 saturated heterocycles. The summed E-state index contributed by atoms with van der Waals surface area (Å²) in [7, 11) is 0. The number of para-hydroxylation sites is 2. The van der Waals surface area contributed by atoms with Gasteiger partial charge in [-0.05, 0) is 61.4 Å². The molecule has 238 valence electrons. The second-order valence-corrected chi connectivity index (χ2v) is 12.5. The van der Waals surface area contributed by atoms with Crippen LogP contribution in [-0.4, -0.2) is 20.0 Å². The molecule has 1 aliphatic heterocycles. The first-order valence-electron chi connectivity index (χ1n) is 15.1. The third-order valence-electron chi connectivity index (χ3n) is 8.53. The first kappa shape index (κ1) is 30.7. The molecule has 6 aromatic rings. The molecule has 48 heavy (non-hydrogen) atoms. The summed E-state index contributed by atoms with van der Waals surface area (Å²) in [6.07, 6.45) is 1.86. The number of hydrogen-bond donors (Lipinski definition) is 1. The molecule has 4 aromatic carbocycles. The molecule has 1 N–H and O–H groups in total. The minimum atomic E-state index is -0.836. The van der Waals surface area contributed by atoms with Crippen LogP contribution in [0, 0.1) is 22.9 Å². The maximum absolute atomic E-state index is 14.3. The molecule has 0 radical (unpaired) electrons. The fourth-order valence-electron chi connectivity index (χ4n) is 6.17. The molecule has 0 saturated carbocycles. The molecule has 3 heterocycles. The molecule has 7 rings (SSSR count). The van der Waals surface area contributed by atoms with E-state index in [2.05, 4.69) is 9.88 Å². The van der Waals surface area contributed by atoms with Crippen LogP contribution in [0.1, 0.15) is 35.3 Å². The molecule has 1 amide bonds. The zero-order chi connectivity index (χ0) is 33.5. The smallest absolute Gasteiger partial charge is 0.271 e. The van der Waals surface area contributed by atoms with E-state index in [-0.39, 0.29) is 11.2 Å². The van der Waals surface area contributed by atoms with Gasteiger partial charge in [-0.2, -0.15) is 0 Å². The number of benzene rings is 4. The molecule has 1 aliphatic rings. The highest BCUT2D eigenvalue weighted by Gasteiger charge is 2.32. The number of carbonyl (C=O) groups is 1. The van der Waals surface area contributed by atoms with E-state index < -0.39 is 22.7 Å². The molecule has 11 heteroatoms. The van der Waals surface area contributed by atoms with Gasteiger partial charge in [0.2, 0.25) is 0 Å². The fourth-order valence-corrected chi connectivity index (χ4v) is 7.20. The first-order chi connectivity index (χ1) is 23.2. The van der Waals surface area contributed by atoms with E-state index in [9.17, 15) is 24.1 Å². The Morgan fingerprint density at radius 3 is 2.38 bits per heavy atom. The van der Waals surface area contributed by atoms with Crippen molar-refractivity contribution in [2.24, 2.45) is 4.99 Å². The summed E-state index contributed by atoms with van der Waals surface area (Å²) in [5.74, 6) is -0.834. The lowest BCUT2D eigenvalue weighted by Gasteiger charge is -2.25. The number of nitrogens with one attached hydrogen (secondary N) is 1. The average molecular weight is 658 g/mol. The fraction of sp³-hybridized carbons (Fsp3) is 0.108. The number of nitro benzene ring substituents is 1. The second kappa shape index (κ2) is 12.3. The normalized spacial score (nSPS) is 14.6. The Morgan fingerprint density at radius 1 is 0.979 bits per heavy atom. The predicted molar refractivity (Wildman–Crippen MR) is 184 cm³/mol. The van der Waals surface area contributed by atoms with E-state index >= 15 is 0 Å². The third kappa shape index (κ3) is 5.54. The van der Waals surface area contributed by atoms with Gasteiger partial charge in [-0.3, -0.25) is 24.3 Å². The van der Waals surface area contributed by atoms with E-state index in [1.807, 2.05) is 55.5 Å². The van der Waals surface area contributed by atoms with E-state index in [0.717, 1.165) is 27.7 Å². The topological polar surface area (TPSA) is 112 Å². The SMILES string of the molecule is CC1=C(C(=O)Nc2ccccc2)[C@H](c2ccc(F)cc2)n2c(s/c(=C\c3c(C)n(Cc4ccc([N+](=O)[O-])cc4)c4ccccc34)c2=O)=N1. The molecular weight excluding hydrogens is 630 g/mol. The van der Waals surface area contributed by atoms with Crippen LogP contribution in [0.5, 0.6) is 0 Å². The number of non-ortho nitro benzene ring substituents is 1. The van der Waals surface area contributed by atoms with Crippen molar-refractivity contribution in [1.29, 1.82) is 0 Å². The van der Waals surface area contributed by atoms with Crippen molar-refractivity contribution in [3.63, 3.8) is 0 Å². The van der Waals surface area contributed by atoms with Gasteiger partial charge in [0.1, 0.15) is 5.82 Å². The lowest BCUT2D eigenvalue weighted by molar-refractivity contribution is -0.384. The van der Waals surface area contributed by atoms with Crippen molar-refractivity contribution >= 4 is 45.6 Å². The zero-order valence-corrected chi connectivity index (χ0v) is 26.7. The molecule has 0 unspecified atom stereocenters. The summed E-state index contributed by atoms with van der Waals surface area (Å²) in [6, 6.07) is 28.3. The van der Waals surface area contributed by atoms with Gasteiger partial charge in [-0.1, -0.05) is 72.0 Å². The van der Waals surface area contributed by atoms with Crippen molar-refractivity contribution in [2.75, 3.05) is 5.32 Å². The second-order valence-electron chi connectivity index (χ2n) is 11.5. The summed E-state index contributed by atoms with van der Waals surface area (Å²) in [6.45, 7) is 4.19. The highest BCUT2D eigenvalue weighted by atomic mass is 32.1. The van der Waals surface area contributed by atoms with Gasteiger partial charge < -0.3 is 9.88 Å². The van der Waals surface area contributed by atoms with Crippen LogP contribution in [0.3, 0.4) is 0 Å². The quantitative estimate of drug-likeness (QED) is 0.162. The number of nitro groups is 1. The number of hydrogen-bond acceptors (Lipinski definition) is 6. The van der Waals surface area contributed by atoms with Gasteiger partial charge in [0, 0.05) is 46.5 Å². The predicted octanol–water partition coefficient (Wildman–Crippen LogP) is 6.23. The maximum atomic E-state index is 14.3. The summed E-state index contributed by atoms with van der Waals surface area (Å²) < 4.78 is 18.1. The van der Waals surface area contributed by atoms with Crippen molar-refractivity contribution in [2.45, 2.75) is 26.4 Å². The number of allylic oxidation sites excluding steroid dienone is 1. The summed E-state index contributed by atoms with van der Waals surface area (Å²) in [5, 5.41) is 15.0. The number of amides is 1. The Balaban J connectivity index is 1.36. The van der Waals surface area contributed by atoms with E-state index in [0.29, 0.717) is 38.4 Å². The lowest BCUT2D eigenvalue weighted by atomic mass is 9.95. The van der Waals surface area contributed by atoms with Gasteiger partial charge in [0.15, 0.2) is 4.80 Å². The molecule has 1 atom stereocenters. The minimum absolute atomic E-state index is 0.0267. The monoisotopic (exact) mass is 657 g/mol. The van der Waals surface area contributed by atoms with Gasteiger partial charge >= 0.3 is 0 Å². The molecule has 9 nitrogen and oxygen atoms in total. The number of thiazole rings is 1. The number of aromatic nitrogens is 2. The number of fused-ring (bicyclic) bond motifs is 2. The van der Waals surface area contributed by atoms with Crippen LogP contribution in [0.2, 0.25) is 0 Å². The van der Waals surface area contributed by atoms with E-state index in [1.54, 1.807) is 43.3 Å². The van der Waals surface area contributed by atoms with Crippen LogP contribution >= 0.6 is 11.3 Å². The Hall–Kier alpha value is -5.94. The Morgan fingerprint density at radius 2 is 1.67 bits per heavy atom. The van der Waals surface area contributed by atoms with Crippen LogP contribution in [0.4, 0.5) is 15.8 Å². The highest BCUT2D eigenvalue weighted by Crippen LogP contribution is 2.32. The summed E-state index contributed by atoms with van der Waals surface area (Å²) in [5.41, 5.74) is 5.24. The van der Waals surface area contributed by atoms with Crippen molar-refractivity contribution < 1.29 is 14.1 Å². The van der Waals surface area contributed by atoms with Crippen LogP contribution in [-0.2, 0) is 11.3 Å². The van der Waals surface area contributed by atoms with Crippen molar-refractivity contribution in [3.05, 3.63) is 172 Å². The van der Waals surface area contributed by atoms with Crippen LogP contribution < -0.4 is 20.2 Å². The van der Waals surface area contributed by atoms with Gasteiger partial charge in [0.25, 0.3) is 17.2 Å². The largest absolute Gasteiger partial charge is 0.340 e. The number of anilines is 1. The molecular formula is C37H28FN5O4S. The molecule has 2 aromatic heterocycles. The average Bonchev–Trinajstić information content (AvgIpc) is 3.53. The van der Waals surface area contributed by atoms with Crippen molar-refractivity contribution in [1.82, 2.24) is 9.13 Å². The number of rotatable bonds is 7. The first-order valence-corrected chi connectivity index (χ1v) is 16.0. The Bertz CT molecular complexity index is 2440. The van der Waals surface area contributed by atoms with Crippen molar-refractivity contribution in [3.8, 4) is 0 Å². The molecule has 0 aliphatic carbocycles. The minimum Gasteiger partial charge on any atom is -0.340 e. The van der Waals surface area contributed by atoms with Gasteiger partial charge in [-0.15, -0.1) is 0 Å². The van der Waals surface area contributed by atoms with Gasteiger partial charge in [-0.25, -0.2) is 9.38 Å². The number of nitrogens with zero attached hydrogens (tertiary/aromatic N) is 4. The standard InChI is InChI=1S/C37H28FN5O4S/c1-22-33(35(44)40-27-8-4-3-5-9-27)34(25-14-16-26(38)17-15-25)42-36(45)32(48-37(42)39-22)20-30-23(2)41(31-11-7-6-10-29(30)31)21-24-12-18-28(19-13-24)43(46)47/h3-20,34H,21H2,1-2H3,(H,40,44)/b32-20-/t34-/m0/s1. The molecule has 0 fully saturated rings. The summed E-state index contributed by atoms with van der Waals surface area (Å²) >= 11 is 1.23. The zero-order valence-electron chi connectivity index (χ0n) is 25.9. The highest BCUT2D eigenvalue weighted by molar-refractivity contribution is 7.07. The summed E-state index contributed by atoms with van der Waals surface area (Å²) in [4.78, 5) is 44.0. The third-order valence-corrected chi connectivity index (χ3v) is 9.51. The number of carbonyl (C=O) groups excluding carboxylic acids is 1. The van der Waals surface area contributed by atoms with E-state index in [4.69, 9.17) is 4.99 Å². The van der Waals surface area contributed by atoms with E-state index in [1.165, 1.54) is 40.2 Å². The van der Waals surface area contributed by atoms with Crippen LogP contribution in [0.25, 0.3) is 17.0 Å². The Kier molecular flexibility index (Phi) is 7.90. The molecule has 0 spiro atoms.